The van der Waals surface area contributed by atoms with Crippen LogP contribution in [-0.4, -0.2) is 44.4 Å². The van der Waals surface area contributed by atoms with Gasteiger partial charge in [-0.2, -0.15) is 14.0 Å². The summed E-state index contributed by atoms with van der Waals surface area (Å²) in [6, 6.07) is 14.9. The summed E-state index contributed by atoms with van der Waals surface area (Å²) < 4.78 is 44.0. The third-order valence-corrected chi connectivity index (χ3v) is 4.28. The van der Waals surface area contributed by atoms with E-state index in [2.05, 4.69) is 61.5 Å². The summed E-state index contributed by atoms with van der Waals surface area (Å²) in [5, 5.41) is 4.79. The Morgan fingerprint density at radius 3 is 2.18 bits per heavy atom. The molecule has 152 valence electrons. The summed E-state index contributed by atoms with van der Waals surface area (Å²) >= 11 is 0. The number of ether oxygens (including phenoxy) is 2. The Morgan fingerprint density at radius 2 is 1.61 bits per heavy atom. The van der Waals surface area contributed by atoms with Gasteiger partial charge in [0.1, 0.15) is 0 Å². The monoisotopic (exact) mass is 409 g/mol. The zero-order chi connectivity index (χ0) is 20.9. The van der Waals surface area contributed by atoms with E-state index in [1.165, 1.54) is 21.7 Å². The molecule has 0 aliphatic heterocycles. The van der Waals surface area contributed by atoms with E-state index in [1.54, 1.807) is 14.2 Å². The van der Waals surface area contributed by atoms with Crippen molar-refractivity contribution in [3.8, 4) is 11.5 Å². The molecule has 0 unspecified atom stereocenters. The van der Waals surface area contributed by atoms with Crippen LogP contribution < -0.4 is 23.5 Å². The summed E-state index contributed by atoms with van der Waals surface area (Å²) in [6.45, 7) is 0.997. The molecule has 8 heteroatoms. The molecule has 3 aromatic carbocycles. The van der Waals surface area contributed by atoms with Crippen molar-refractivity contribution in [2.24, 2.45) is 0 Å². The first kappa shape index (κ1) is 22.2. The zero-order valence-corrected chi connectivity index (χ0v) is 17.0. The average Bonchev–Trinajstić information content (AvgIpc) is 2.63. The molecule has 0 aliphatic rings. The van der Waals surface area contributed by atoms with Crippen molar-refractivity contribution in [3.63, 3.8) is 0 Å². The highest BCUT2D eigenvalue weighted by Gasteiger charge is 2.16. The number of rotatable bonds is 5. The molecule has 0 heterocycles. The van der Waals surface area contributed by atoms with Gasteiger partial charge < -0.3 is 14.4 Å². The SMILES string of the molecule is COc1cc(CCN(C)C)c2ccc3ccccc3c2c1OC.[O-][Cl+3]([O-])([O-])O. The highest BCUT2D eigenvalue weighted by molar-refractivity contribution is 6.12. The zero-order valence-electron chi connectivity index (χ0n) is 16.3. The molecule has 0 aliphatic carbocycles. The molecule has 0 spiro atoms. The van der Waals surface area contributed by atoms with Gasteiger partial charge in [0.15, 0.2) is 11.5 Å². The maximum Gasteiger partial charge on any atom is 0.169 e. The van der Waals surface area contributed by atoms with Crippen LogP contribution >= 0.6 is 0 Å². The van der Waals surface area contributed by atoms with Crippen molar-refractivity contribution in [3.05, 3.63) is 48.0 Å². The first-order chi connectivity index (χ1) is 13.2. The molecule has 0 bridgehead atoms. The fraction of sp³-hybridized carbons (Fsp3) is 0.300. The Labute approximate surface area is 166 Å². The maximum absolute atomic E-state index is 8.60. The number of hydrogen-bond acceptors (Lipinski definition) is 7. The number of fused-ring (bicyclic) bond motifs is 3. The third-order valence-electron chi connectivity index (χ3n) is 4.28. The van der Waals surface area contributed by atoms with Crippen molar-refractivity contribution in [1.29, 1.82) is 0 Å². The van der Waals surface area contributed by atoms with Crippen LogP contribution in [0.15, 0.2) is 42.5 Å². The molecule has 0 aromatic heterocycles. The second-order valence-electron chi connectivity index (χ2n) is 6.43. The third kappa shape index (κ3) is 5.68. The normalized spacial score (nSPS) is 11.5. The van der Waals surface area contributed by atoms with E-state index in [4.69, 9.17) is 28.1 Å². The van der Waals surface area contributed by atoms with Crippen LogP contribution in [0.4, 0.5) is 0 Å². The van der Waals surface area contributed by atoms with Crippen LogP contribution in [0, 0.1) is 10.2 Å². The van der Waals surface area contributed by atoms with Gasteiger partial charge in [-0.25, -0.2) is 0 Å². The molecule has 28 heavy (non-hydrogen) atoms. The van der Waals surface area contributed by atoms with Gasteiger partial charge in [-0.05, 0) is 48.3 Å². The first-order valence-electron chi connectivity index (χ1n) is 8.49. The van der Waals surface area contributed by atoms with Crippen molar-refractivity contribution in [2.45, 2.75) is 6.42 Å². The van der Waals surface area contributed by atoms with Crippen LogP contribution in [0.3, 0.4) is 0 Å². The van der Waals surface area contributed by atoms with Gasteiger partial charge in [-0.15, -0.1) is 0 Å². The fourth-order valence-electron chi connectivity index (χ4n) is 3.11. The van der Waals surface area contributed by atoms with Gasteiger partial charge in [0, 0.05) is 11.9 Å². The number of hydrogen-bond donors (Lipinski definition) is 1. The van der Waals surface area contributed by atoms with Crippen LogP contribution in [0.25, 0.3) is 21.5 Å². The highest BCUT2D eigenvalue weighted by atomic mass is 35.7. The minimum Gasteiger partial charge on any atom is -0.493 e. The van der Waals surface area contributed by atoms with E-state index in [0.717, 1.165) is 29.9 Å². The molecule has 7 nitrogen and oxygen atoms in total. The van der Waals surface area contributed by atoms with E-state index in [9.17, 15) is 0 Å². The minimum absolute atomic E-state index is 0.796. The number of halogens is 1. The second-order valence-corrected chi connectivity index (χ2v) is 7.22. The van der Waals surface area contributed by atoms with Gasteiger partial charge >= 0.3 is 0 Å². The van der Waals surface area contributed by atoms with E-state index in [0.29, 0.717) is 0 Å². The smallest absolute Gasteiger partial charge is 0.169 e. The molecule has 0 atom stereocenters. The first-order valence-corrected chi connectivity index (χ1v) is 9.75. The Balaban J connectivity index is 0.000000500. The Hall–Kier alpha value is -2.13. The predicted octanol–water partition coefficient (Wildman–Crippen LogP) is -0.00970. The topological polar surface area (TPSA) is 111 Å². The highest BCUT2D eigenvalue weighted by Crippen LogP contribution is 2.41. The van der Waals surface area contributed by atoms with Crippen LogP contribution in [0.1, 0.15) is 5.56 Å². The van der Waals surface area contributed by atoms with E-state index >= 15 is 0 Å². The van der Waals surface area contributed by atoms with Crippen LogP contribution in [-0.2, 0) is 6.42 Å². The number of nitrogens with zero attached hydrogens (tertiary/aromatic N) is 1. The average molecular weight is 410 g/mol. The number of likely N-dealkylation sites (N-methyl/N-ethyl adjacent to an activating group) is 1. The molecule has 3 rings (SSSR count). The Bertz CT molecular complexity index is 933. The lowest BCUT2D eigenvalue weighted by molar-refractivity contribution is -1.92. The Morgan fingerprint density at radius 1 is 0.964 bits per heavy atom. The maximum atomic E-state index is 8.60. The minimum atomic E-state index is -4.69. The van der Waals surface area contributed by atoms with Gasteiger partial charge in [-0.1, -0.05) is 36.4 Å². The Kier molecular flexibility index (Phi) is 7.42. The van der Waals surface area contributed by atoms with Gasteiger partial charge in [-0.3, -0.25) is 0 Å². The molecule has 0 saturated heterocycles. The van der Waals surface area contributed by atoms with Crippen molar-refractivity contribution < 1.29 is 38.4 Å². The largest absolute Gasteiger partial charge is 0.493 e. The summed E-state index contributed by atoms with van der Waals surface area (Å²) in [5.41, 5.74) is 1.29. The molecule has 3 aromatic rings. The van der Waals surface area contributed by atoms with E-state index in [1.807, 2.05) is 0 Å². The van der Waals surface area contributed by atoms with Crippen molar-refractivity contribution in [2.75, 3.05) is 34.9 Å². The lowest BCUT2D eigenvalue weighted by Gasteiger charge is -2.17. The van der Waals surface area contributed by atoms with Gasteiger partial charge in [0.25, 0.3) is 0 Å². The quantitative estimate of drug-likeness (QED) is 0.590. The second kappa shape index (κ2) is 9.38. The molecule has 0 amide bonds. The molecule has 0 fully saturated rings. The number of benzene rings is 3. The number of methoxy groups -OCH3 is 2. The summed E-state index contributed by atoms with van der Waals surface area (Å²) in [6.07, 6.45) is 0.974. The fourth-order valence-corrected chi connectivity index (χ4v) is 3.11. The van der Waals surface area contributed by atoms with Gasteiger partial charge in [0.05, 0.1) is 29.1 Å². The summed E-state index contributed by atoms with van der Waals surface area (Å²) in [5.74, 6) is 1.61. The summed E-state index contributed by atoms with van der Waals surface area (Å²) in [7, 11) is 2.90. The van der Waals surface area contributed by atoms with E-state index in [-0.39, 0.29) is 0 Å². The van der Waals surface area contributed by atoms with Crippen LogP contribution in [0.2, 0.25) is 0 Å². The van der Waals surface area contributed by atoms with E-state index < -0.39 is 10.2 Å². The molecular formula is C20H24ClNO6. The van der Waals surface area contributed by atoms with Gasteiger partial charge in [0.2, 0.25) is 0 Å². The predicted molar refractivity (Wildman–Crippen MR) is 99.0 cm³/mol. The molecule has 0 saturated carbocycles. The molecule has 1 N–H and O–H groups in total. The molecule has 0 radical (unpaired) electrons. The van der Waals surface area contributed by atoms with Crippen LogP contribution in [0.5, 0.6) is 11.5 Å². The lowest BCUT2D eigenvalue weighted by atomic mass is 9.95. The van der Waals surface area contributed by atoms with Crippen molar-refractivity contribution in [1.82, 2.24) is 4.90 Å². The lowest BCUT2D eigenvalue weighted by Crippen LogP contribution is -2.58. The standard InChI is InChI=1S/C20H23NO2.ClHO4/c1-21(2)12-11-15-13-18(22-3)20(23-4)19-16-8-6-5-7-14(16)9-10-17(15)19;2-1(3,4)5/h5-10,13H,11-12H2,1-4H3;(H,2,3,4,5). The summed E-state index contributed by atoms with van der Waals surface area (Å²) in [4.78, 5) is 2.20. The van der Waals surface area contributed by atoms with Crippen molar-refractivity contribution >= 4 is 21.5 Å². The molecular weight excluding hydrogens is 386 g/mol.